The molecule has 2 heterocycles. The number of aromatic nitrogens is 4. The molecular weight excluding hydrogens is 420 g/mol. The number of hydrogen-bond acceptors (Lipinski definition) is 5. The summed E-state index contributed by atoms with van der Waals surface area (Å²) in [7, 11) is 0. The minimum Gasteiger partial charge on any atom is -0.323 e. The lowest BCUT2D eigenvalue weighted by Gasteiger charge is -2.13. The van der Waals surface area contributed by atoms with Crippen molar-refractivity contribution < 1.29 is 13.6 Å². The van der Waals surface area contributed by atoms with Crippen molar-refractivity contribution in [3.05, 3.63) is 84.2 Å². The fourth-order valence-electron chi connectivity index (χ4n) is 2.99. The minimum absolute atomic E-state index is 0.0306. The van der Waals surface area contributed by atoms with Crippen molar-refractivity contribution in [3.8, 4) is 17.1 Å². The molecule has 6 nitrogen and oxygen atoms in total. The summed E-state index contributed by atoms with van der Waals surface area (Å²) in [6, 6.07) is 14.4. The number of para-hydroxylation sites is 1. The first-order chi connectivity index (χ1) is 15.0. The molecule has 4 rings (SSSR count). The molecule has 9 heteroatoms. The van der Waals surface area contributed by atoms with Crippen molar-refractivity contribution in [2.75, 3.05) is 11.1 Å². The van der Waals surface area contributed by atoms with Gasteiger partial charge in [-0.05, 0) is 42.8 Å². The first kappa shape index (κ1) is 20.7. The Balaban J connectivity index is 1.60. The van der Waals surface area contributed by atoms with E-state index in [9.17, 15) is 13.6 Å². The molecule has 0 saturated heterocycles. The summed E-state index contributed by atoms with van der Waals surface area (Å²) in [5.41, 5.74) is 2.64. The summed E-state index contributed by atoms with van der Waals surface area (Å²) < 4.78 is 28.7. The monoisotopic (exact) mass is 437 g/mol. The molecule has 0 aliphatic heterocycles. The molecule has 0 unspecified atom stereocenters. The van der Waals surface area contributed by atoms with Crippen LogP contribution in [0, 0.1) is 18.6 Å². The fraction of sp³-hybridized carbons (Fsp3) is 0.0909. The first-order valence-corrected chi connectivity index (χ1v) is 10.3. The first-order valence-electron chi connectivity index (χ1n) is 9.32. The van der Waals surface area contributed by atoms with Crippen LogP contribution in [0.15, 0.2) is 72.1 Å². The second-order valence-corrected chi connectivity index (χ2v) is 7.57. The van der Waals surface area contributed by atoms with Crippen molar-refractivity contribution in [1.82, 2.24) is 19.7 Å². The summed E-state index contributed by atoms with van der Waals surface area (Å²) in [4.78, 5) is 16.4. The minimum atomic E-state index is -0.832. The number of aryl methyl sites for hydroxylation is 1. The molecule has 2 aromatic carbocycles. The highest BCUT2D eigenvalue weighted by Crippen LogP contribution is 2.29. The molecule has 0 atom stereocenters. The van der Waals surface area contributed by atoms with Crippen molar-refractivity contribution in [3.63, 3.8) is 0 Å². The Morgan fingerprint density at radius 3 is 2.58 bits per heavy atom. The maximum Gasteiger partial charge on any atom is 0.234 e. The molecule has 2 aromatic heterocycles. The van der Waals surface area contributed by atoms with Gasteiger partial charge < -0.3 is 5.32 Å². The van der Waals surface area contributed by atoms with E-state index in [0.29, 0.717) is 11.0 Å². The zero-order valence-corrected chi connectivity index (χ0v) is 17.2. The smallest absolute Gasteiger partial charge is 0.234 e. The second kappa shape index (κ2) is 9.05. The highest BCUT2D eigenvalue weighted by molar-refractivity contribution is 7.99. The lowest BCUT2D eigenvalue weighted by molar-refractivity contribution is -0.113. The molecule has 156 valence electrons. The van der Waals surface area contributed by atoms with Gasteiger partial charge in [0, 0.05) is 24.0 Å². The van der Waals surface area contributed by atoms with Gasteiger partial charge in [-0.15, -0.1) is 10.2 Å². The van der Waals surface area contributed by atoms with Gasteiger partial charge in [-0.3, -0.25) is 14.3 Å². The van der Waals surface area contributed by atoms with Gasteiger partial charge in [0.2, 0.25) is 5.91 Å². The Bertz CT molecular complexity index is 1230. The molecule has 0 aliphatic rings. The van der Waals surface area contributed by atoms with Crippen molar-refractivity contribution in [2.45, 2.75) is 12.1 Å². The number of nitrogens with zero attached hydrogens (tertiary/aromatic N) is 4. The van der Waals surface area contributed by atoms with Gasteiger partial charge in [0.25, 0.3) is 0 Å². The van der Waals surface area contributed by atoms with Crippen molar-refractivity contribution in [2.24, 2.45) is 0 Å². The molecular formula is C22H17F2N5OS. The van der Waals surface area contributed by atoms with Crippen LogP contribution in [0.1, 0.15) is 5.56 Å². The number of thioether (sulfide) groups is 1. The number of hydrogen-bond donors (Lipinski definition) is 1. The number of nitrogens with one attached hydrogen (secondary N) is 1. The van der Waals surface area contributed by atoms with Crippen molar-refractivity contribution >= 4 is 23.4 Å². The van der Waals surface area contributed by atoms with Crippen LogP contribution in [-0.4, -0.2) is 31.4 Å². The number of carbonyl (C=O) groups excluding carboxylic acids is 1. The van der Waals surface area contributed by atoms with E-state index in [-0.39, 0.29) is 11.4 Å². The summed E-state index contributed by atoms with van der Waals surface area (Å²) in [5, 5.41) is 11.6. The average Bonchev–Trinajstić information content (AvgIpc) is 3.19. The van der Waals surface area contributed by atoms with Gasteiger partial charge >= 0.3 is 0 Å². The van der Waals surface area contributed by atoms with Gasteiger partial charge in [-0.1, -0.05) is 30.0 Å². The van der Waals surface area contributed by atoms with Crippen LogP contribution < -0.4 is 5.32 Å². The van der Waals surface area contributed by atoms with Crippen LogP contribution in [0.3, 0.4) is 0 Å². The van der Waals surface area contributed by atoms with E-state index in [2.05, 4.69) is 20.5 Å². The van der Waals surface area contributed by atoms with Crippen molar-refractivity contribution in [1.29, 1.82) is 0 Å². The van der Waals surface area contributed by atoms with E-state index < -0.39 is 17.5 Å². The number of anilines is 1. The molecule has 0 aliphatic carbocycles. The SMILES string of the molecule is Cc1ccccc1-n1c(SCC(=O)Nc2ccc(F)cc2F)nnc1-c1ccncc1. The van der Waals surface area contributed by atoms with Gasteiger partial charge in [0.05, 0.1) is 17.1 Å². The van der Waals surface area contributed by atoms with Crippen LogP contribution in [0.2, 0.25) is 0 Å². The van der Waals surface area contributed by atoms with Crippen LogP contribution in [0.25, 0.3) is 17.1 Å². The summed E-state index contributed by atoms with van der Waals surface area (Å²) in [6.07, 6.45) is 3.34. The van der Waals surface area contributed by atoms with E-state index in [4.69, 9.17) is 0 Å². The normalized spacial score (nSPS) is 10.8. The largest absolute Gasteiger partial charge is 0.323 e. The zero-order chi connectivity index (χ0) is 21.8. The fourth-order valence-corrected chi connectivity index (χ4v) is 3.73. The molecule has 0 bridgehead atoms. The Labute approximate surface area is 181 Å². The van der Waals surface area contributed by atoms with E-state index in [1.54, 1.807) is 12.4 Å². The van der Waals surface area contributed by atoms with Crippen LogP contribution in [0.5, 0.6) is 0 Å². The lowest BCUT2D eigenvalue weighted by Crippen LogP contribution is -2.15. The summed E-state index contributed by atoms with van der Waals surface area (Å²) >= 11 is 1.17. The number of rotatable bonds is 6. The van der Waals surface area contributed by atoms with Gasteiger partial charge in [0.1, 0.15) is 11.6 Å². The number of benzene rings is 2. The quantitative estimate of drug-likeness (QED) is 0.445. The molecule has 0 spiro atoms. The van der Waals surface area contributed by atoms with Crippen LogP contribution in [-0.2, 0) is 4.79 Å². The molecule has 4 aromatic rings. The number of halogens is 2. The van der Waals surface area contributed by atoms with E-state index in [0.717, 1.165) is 28.9 Å². The Hall–Kier alpha value is -3.59. The Kier molecular flexibility index (Phi) is 6.03. The molecule has 31 heavy (non-hydrogen) atoms. The number of pyridine rings is 1. The molecule has 1 N–H and O–H groups in total. The number of amides is 1. The average molecular weight is 437 g/mol. The maximum atomic E-state index is 13.8. The zero-order valence-electron chi connectivity index (χ0n) is 16.4. The Morgan fingerprint density at radius 2 is 1.84 bits per heavy atom. The van der Waals surface area contributed by atoms with Crippen LogP contribution in [0.4, 0.5) is 14.5 Å². The summed E-state index contributed by atoms with van der Waals surface area (Å²) in [5.74, 6) is -1.40. The second-order valence-electron chi connectivity index (χ2n) is 6.62. The predicted octanol–water partition coefficient (Wildman–Crippen LogP) is 4.65. The van der Waals surface area contributed by atoms with Crippen LogP contribution >= 0.6 is 11.8 Å². The van der Waals surface area contributed by atoms with E-state index >= 15 is 0 Å². The highest BCUT2D eigenvalue weighted by atomic mass is 32.2. The Morgan fingerprint density at radius 1 is 1.06 bits per heavy atom. The molecule has 1 amide bonds. The summed E-state index contributed by atoms with van der Waals surface area (Å²) in [6.45, 7) is 1.98. The van der Waals surface area contributed by atoms with Gasteiger partial charge in [-0.25, -0.2) is 8.78 Å². The molecule has 0 fully saturated rings. The third-order valence-electron chi connectivity index (χ3n) is 4.47. The molecule has 0 radical (unpaired) electrons. The topological polar surface area (TPSA) is 72.7 Å². The third-order valence-corrected chi connectivity index (χ3v) is 5.39. The van der Waals surface area contributed by atoms with E-state index in [1.807, 2.05) is 47.9 Å². The number of carbonyl (C=O) groups is 1. The highest BCUT2D eigenvalue weighted by Gasteiger charge is 2.18. The van der Waals surface area contributed by atoms with E-state index in [1.165, 1.54) is 17.8 Å². The van der Waals surface area contributed by atoms with Gasteiger partial charge in [-0.2, -0.15) is 0 Å². The maximum absolute atomic E-state index is 13.8. The standard InChI is InChI=1S/C22H17F2N5OS/c1-14-4-2-3-5-19(14)29-21(15-8-10-25-11-9-15)27-28-22(29)31-13-20(30)26-18-7-6-16(23)12-17(18)24/h2-12H,13H2,1H3,(H,26,30). The molecule has 0 saturated carbocycles. The van der Waals surface area contributed by atoms with Gasteiger partial charge in [0.15, 0.2) is 11.0 Å². The third kappa shape index (κ3) is 4.61. The predicted molar refractivity (Wildman–Crippen MR) is 115 cm³/mol. The lowest BCUT2D eigenvalue weighted by atomic mass is 10.2.